The van der Waals surface area contributed by atoms with Crippen LogP contribution in [0.15, 0.2) is 74.5 Å². The van der Waals surface area contributed by atoms with Crippen LogP contribution in [0.5, 0.6) is 17.2 Å². The molecule has 0 radical (unpaired) electrons. The summed E-state index contributed by atoms with van der Waals surface area (Å²) >= 11 is 6.76. The number of hydrogen-bond donors (Lipinski definition) is 0. The Balaban J connectivity index is 2.11. The molecule has 32 heavy (non-hydrogen) atoms. The lowest BCUT2D eigenvalue weighted by Gasteiger charge is -2.13. The number of halogens is 2. The topological polar surface area (TPSA) is 85.6 Å². The van der Waals surface area contributed by atoms with E-state index in [2.05, 4.69) is 37.9 Å². The van der Waals surface area contributed by atoms with Gasteiger partial charge in [0.15, 0.2) is 17.2 Å². The van der Waals surface area contributed by atoms with Crippen LogP contribution in [0.25, 0.3) is 11.6 Å². The second kappa shape index (κ2) is 10.2. The van der Waals surface area contributed by atoms with Gasteiger partial charge in [0.2, 0.25) is 0 Å². The molecule has 0 N–H and O–H groups in total. The number of nitrogens with zero attached hydrogens (tertiary/aromatic N) is 1. The first-order chi connectivity index (χ1) is 15.3. The highest BCUT2D eigenvalue weighted by Gasteiger charge is 2.21. The fraction of sp³-hybridized carbons (Fsp3) is 0.0870. The minimum absolute atomic E-state index is 0.0187. The third-order valence-corrected chi connectivity index (χ3v) is 6.66. The second-order valence-corrected chi connectivity index (χ2v) is 9.71. The summed E-state index contributed by atoms with van der Waals surface area (Å²) in [7, 11) is -1.07. The maximum atomic E-state index is 12.8. The molecule has 0 amide bonds. The van der Waals surface area contributed by atoms with Crippen molar-refractivity contribution in [2.75, 3.05) is 14.2 Å². The molecule has 9 heteroatoms. The number of rotatable bonds is 7. The molecule has 0 aromatic heterocycles. The van der Waals surface area contributed by atoms with E-state index in [1.54, 1.807) is 54.6 Å². The van der Waals surface area contributed by atoms with Crippen molar-refractivity contribution >= 4 is 53.6 Å². The maximum absolute atomic E-state index is 12.8. The van der Waals surface area contributed by atoms with Gasteiger partial charge < -0.3 is 13.7 Å². The van der Waals surface area contributed by atoms with Gasteiger partial charge in [-0.2, -0.15) is 13.7 Å². The summed E-state index contributed by atoms with van der Waals surface area (Å²) in [6.07, 6.45) is 1.55. The molecule has 3 rings (SSSR count). The SMILES string of the molecule is COc1ccc(/C(C#N)=C/c2cc(Br)cc(Br)c2OS(=O)(=O)c2ccccc2)cc1OC. The van der Waals surface area contributed by atoms with Crippen molar-refractivity contribution in [2.24, 2.45) is 0 Å². The van der Waals surface area contributed by atoms with E-state index in [0.29, 0.717) is 31.6 Å². The minimum atomic E-state index is -4.09. The maximum Gasteiger partial charge on any atom is 0.339 e. The smallest absolute Gasteiger partial charge is 0.339 e. The standard InChI is InChI=1S/C23H17Br2NO5S/c1-29-21-9-8-15(12-22(21)30-2)17(14-26)10-16-11-18(24)13-20(25)23(16)31-32(27,28)19-6-4-3-5-7-19/h3-13H,1-2H3/b17-10+. The quantitative estimate of drug-likeness (QED) is 0.192. The highest BCUT2D eigenvalue weighted by Crippen LogP contribution is 2.38. The van der Waals surface area contributed by atoms with Crippen LogP contribution in [0.2, 0.25) is 0 Å². The molecule has 0 saturated carbocycles. The van der Waals surface area contributed by atoms with Crippen LogP contribution in [0.1, 0.15) is 11.1 Å². The molecule has 0 aliphatic rings. The lowest BCUT2D eigenvalue weighted by Crippen LogP contribution is -2.10. The molecule has 0 heterocycles. The Morgan fingerprint density at radius 2 is 1.66 bits per heavy atom. The molecule has 0 aliphatic heterocycles. The number of benzene rings is 3. The van der Waals surface area contributed by atoms with Gasteiger partial charge in [0.1, 0.15) is 4.90 Å². The van der Waals surface area contributed by atoms with Crippen LogP contribution in [0, 0.1) is 11.3 Å². The predicted octanol–water partition coefficient (Wildman–Crippen LogP) is 6.06. The Bertz CT molecular complexity index is 1320. The summed E-state index contributed by atoms with van der Waals surface area (Å²) in [6, 6.07) is 18.4. The molecule has 0 unspecified atom stereocenters. The lowest BCUT2D eigenvalue weighted by atomic mass is 10.0. The van der Waals surface area contributed by atoms with Crippen LogP contribution in [0.3, 0.4) is 0 Å². The van der Waals surface area contributed by atoms with Gasteiger partial charge in [-0.3, -0.25) is 0 Å². The van der Waals surface area contributed by atoms with Crippen LogP contribution < -0.4 is 13.7 Å². The average Bonchev–Trinajstić information content (AvgIpc) is 2.79. The van der Waals surface area contributed by atoms with Gasteiger partial charge in [0, 0.05) is 10.0 Å². The highest BCUT2D eigenvalue weighted by molar-refractivity contribution is 9.11. The van der Waals surface area contributed by atoms with E-state index >= 15 is 0 Å². The molecule has 164 valence electrons. The Labute approximate surface area is 203 Å². The van der Waals surface area contributed by atoms with Crippen molar-refractivity contribution in [1.82, 2.24) is 0 Å². The molecular weight excluding hydrogens is 562 g/mol. The van der Waals surface area contributed by atoms with Gasteiger partial charge in [0.05, 0.1) is 30.3 Å². The minimum Gasteiger partial charge on any atom is -0.493 e. The first kappa shape index (κ1) is 23.9. The van der Waals surface area contributed by atoms with E-state index in [9.17, 15) is 13.7 Å². The van der Waals surface area contributed by atoms with E-state index < -0.39 is 10.1 Å². The van der Waals surface area contributed by atoms with Gasteiger partial charge >= 0.3 is 10.1 Å². The fourth-order valence-corrected chi connectivity index (χ4v) is 5.30. The number of allylic oxidation sites excluding steroid dienone is 1. The van der Waals surface area contributed by atoms with Gasteiger partial charge in [-0.05, 0) is 70.0 Å². The van der Waals surface area contributed by atoms with E-state index in [1.807, 2.05) is 0 Å². The first-order valence-electron chi connectivity index (χ1n) is 9.12. The number of nitriles is 1. The summed E-state index contributed by atoms with van der Waals surface area (Å²) in [6.45, 7) is 0. The van der Waals surface area contributed by atoms with Crippen LogP contribution in [-0.4, -0.2) is 22.6 Å². The van der Waals surface area contributed by atoms with Gasteiger partial charge in [-0.15, -0.1) is 0 Å². The molecule has 0 atom stereocenters. The number of hydrogen-bond acceptors (Lipinski definition) is 6. The second-order valence-electron chi connectivity index (χ2n) is 6.40. The van der Waals surface area contributed by atoms with Gasteiger partial charge in [0.25, 0.3) is 0 Å². The van der Waals surface area contributed by atoms with E-state index in [0.717, 1.165) is 0 Å². The molecule has 0 fully saturated rings. The zero-order valence-electron chi connectivity index (χ0n) is 17.0. The molecule has 0 spiro atoms. The van der Waals surface area contributed by atoms with E-state index in [4.69, 9.17) is 13.7 Å². The largest absolute Gasteiger partial charge is 0.493 e. The van der Waals surface area contributed by atoms with E-state index in [-0.39, 0.29) is 16.2 Å². The molecule has 0 saturated heterocycles. The fourth-order valence-electron chi connectivity index (χ4n) is 2.86. The van der Waals surface area contributed by atoms with Crippen molar-refractivity contribution in [3.8, 4) is 23.3 Å². The molecule has 0 aliphatic carbocycles. The van der Waals surface area contributed by atoms with Gasteiger partial charge in [-0.25, -0.2) is 0 Å². The van der Waals surface area contributed by atoms with Crippen molar-refractivity contribution in [3.05, 3.63) is 80.7 Å². The van der Waals surface area contributed by atoms with Crippen molar-refractivity contribution in [1.29, 1.82) is 5.26 Å². The Kier molecular flexibility index (Phi) is 7.61. The molecule has 3 aromatic rings. The monoisotopic (exact) mass is 577 g/mol. The summed E-state index contributed by atoms with van der Waals surface area (Å²) in [5.41, 5.74) is 1.23. The normalized spacial score (nSPS) is 11.5. The molecule has 3 aromatic carbocycles. The summed E-state index contributed by atoms with van der Waals surface area (Å²) in [4.78, 5) is 0.0187. The Morgan fingerprint density at radius 1 is 0.969 bits per heavy atom. The van der Waals surface area contributed by atoms with Crippen molar-refractivity contribution < 1.29 is 22.1 Å². The molecular formula is C23H17Br2NO5S. The summed E-state index contributed by atoms with van der Waals surface area (Å²) in [5, 5.41) is 9.80. The number of methoxy groups -OCH3 is 2. The highest BCUT2D eigenvalue weighted by atomic mass is 79.9. The third-order valence-electron chi connectivity index (χ3n) is 4.38. The third kappa shape index (κ3) is 5.33. The Hall–Kier alpha value is -2.80. The zero-order chi connectivity index (χ0) is 23.3. The predicted molar refractivity (Wildman–Crippen MR) is 129 cm³/mol. The van der Waals surface area contributed by atoms with Crippen LogP contribution >= 0.6 is 31.9 Å². The van der Waals surface area contributed by atoms with Crippen molar-refractivity contribution in [3.63, 3.8) is 0 Å². The summed E-state index contributed by atoms with van der Waals surface area (Å²) < 4.78 is 42.7. The van der Waals surface area contributed by atoms with Crippen LogP contribution in [0.4, 0.5) is 0 Å². The van der Waals surface area contributed by atoms with Gasteiger partial charge in [-0.1, -0.05) is 34.1 Å². The lowest BCUT2D eigenvalue weighted by molar-refractivity contribution is 0.355. The Morgan fingerprint density at radius 3 is 2.28 bits per heavy atom. The molecule has 6 nitrogen and oxygen atoms in total. The number of ether oxygens (including phenoxy) is 2. The average molecular weight is 579 g/mol. The summed E-state index contributed by atoms with van der Waals surface area (Å²) in [5.74, 6) is 1.05. The zero-order valence-corrected chi connectivity index (χ0v) is 21.0. The van der Waals surface area contributed by atoms with Crippen molar-refractivity contribution in [2.45, 2.75) is 4.90 Å². The van der Waals surface area contributed by atoms with Crippen LogP contribution in [-0.2, 0) is 10.1 Å². The first-order valence-corrected chi connectivity index (χ1v) is 12.1. The molecule has 0 bridgehead atoms. The van der Waals surface area contributed by atoms with E-state index in [1.165, 1.54) is 26.4 Å².